The van der Waals surface area contributed by atoms with Crippen molar-refractivity contribution in [1.82, 2.24) is 10.2 Å². The van der Waals surface area contributed by atoms with E-state index >= 15 is 0 Å². The maximum atomic E-state index is 10.5. The lowest BCUT2D eigenvalue weighted by Gasteiger charge is -2.33. The molecule has 3 nitrogen and oxygen atoms in total. The lowest BCUT2D eigenvalue weighted by Crippen LogP contribution is -2.46. The zero-order valence-electron chi connectivity index (χ0n) is 12.1. The molecule has 19 heavy (non-hydrogen) atoms. The van der Waals surface area contributed by atoms with Crippen LogP contribution in [0, 0.1) is 0 Å². The van der Waals surface area contributed by atoms with Gasteiger partial charge in [0.05, 0.1) is 5.60 Å². The average Bonchev–Trinajstić information content (AvgIpc) is 2.42. The van der Waals surface area contributed by atoms with Crippen LogP contribution in [0.3, 0.4) is 0 Å². The van der Waals surface area contributed by atoms with Crippen molar-refractivity contribution in [1.29, 1.82) is 0 Å². The number of likely N-dealkylation sites (N-methyl/N-ethyl adjacent to an activating group) is 1. The lowest BCUT2D eigenvalue weighted by atomic mass is 9.95. The Hall–Kier alpha value is -0.900. The van der Waals surface area contributed by atoms with Crippen molar-refractivity contribution in [2.45, 2.75) is 37.8 Å². The van der Waals surface area contributed by atoms with Crippen molar-refractivity contribution in [2.24, 2.45) is 0 Å². The number of nitrogens with zero attached hydrogens (tertiary/aromatic N) is 1. The van der Waals surface area contributed by atoms with E-state index in [9.17, 15) is 5.11 Å². The highest BCUT2D eigenvalue weighted by atomic mass is 16.3. The Bertz CT molecular complexity index is 378. The first-order valence-electron chi connectivity index (χ1n) is 7.28. The molecule has 0 amide bonds. The minimum atomic E-state index is -0.797. The minimum Gasteiger partial charge on any atom is -0.384 e. The molecule has 1 aliphatic rings. The van der Waals surface area contributed by atoms with Crippen LogP contribution in [-0.2, 0) is 5.60 Å². The highest BCUT2D eigenvalue weighted by Crippen LogP contribution is 2.19. The van der Waals surface area contributed by atoms with Gasteiger partial charge in [0.15, 0.2) is 0 Å². The normalized spacial score (nSPS) is 24.1. The first-order chi connectivity index (χ1) is 9.09. The molecule has 0 saturated carbocycles. The van der Waals surface area contributed by atoms with Crippen molar-refractivity contribution in [3.05, 3.63) is 35.9 Å². The van der Waals surface area contributed by atoms with Crippen LogP contribution in [0.5, 0.6) is 0 Å². The predicted molar refractivity (Wildman–Crippen MR) is 79.2 cm³/mol. The van der Waals surface area contributed by atoms with Crippen molar-refractivity contribution in [2.75, 3.05) is 26.7 Å². The number of likely N-dealkylation sites (tertiary alicyclic amines) is 1. The van der Waals surface area contributed by atoms with Crippen molar-refractivity contribution < 1.29 is 5.11 Å². The number of piperidine rings is 1. The highest BCUT2D eigenvalue weighted by molar-refractivity contribution is 5.21. The van der Waals surface area contributed by atoms with Crippen LogP contribution in [0.2, 0.25) is 0 Å². The van der Waals surface area contributed by atoms with Gasteiger partial charge in [0.1, 0.15) is 0 Å². The largest absolute Gasteiger partial charge is 0.384 e. The van der Waals surface area contributed by atoms with E-state index in [0.29, 0.717) is 12.6 Å². The summed E-state index contributed by atoms with van der Waals surface area (Å²) in [5.74, 6) is 0. The van der Waals surface area contributed by atoms with Crippen molar-refractivity contribution >= 4 is 0 Å². The van der Waals surface area contributed by atoms with Crippen molar-refractivity contribution in [3.8, 4) is 0 Å². The van der Waals surface area contributed by atoms with Gasteiger partial charge in [0.2, 0.25) is 0 Å². The monoisotopic (exact) mass is 262 g/mol. The fraction of sp³-hybridized carbons (Fsp3) is 0.625. The van der Waals surface area contributed by atoms with E-state index in [2.05, 4.69) is 17.3 Å². The van der Waals surface area contributed by atoms with Crippen LogP contribution in [0.4, 0.5) is 0 Å². The highest BCUT2D eigenvalue weighted by Gasteiger charge is 2.24. The molecule has 1 aliphatic heterocycles. The minimum absolute atomic E-state index is 0.599. The number of aliphatic hydroxyl groups is 1. The SMILES string of the molecule is CN1CCCCC1CNCC(C)(O)c1ccccc1. The van der Waals surface area contributed by atoms with Crippen LogP contribution in [0.25, 0.3) is 0 Å². The lowest BCUT2D eigenvalue weighted by molar-refractivity contribution is 0.0537. The van der Waals surface area contributed by atoms with Gasteiger partial charge < -0.3 is 15.3 Å². The first kappa shape index (κ1) is 14.5. The number of hydrogen-bond donors (Lipinski definition) is 2. The molecule has 2 N–H and O–H groups in total. The van der Waals surface area contributed by atoms with Gasteiger partial charge in [-0.25, -0.2) is 0 Å². The average molecular weight is 262 g/mol. The second-order valence-electron chi connectivity index (χ2n) is 5.90. The maximum Gasteiger partial charge on any atom is 0.0992 e. The Morgan fingerprint density at radius 1 is 1.32 bits per heavy atom. The van der Waals surface area contributed by atoms with E-state index in [0.717, 1.165) is 12.1 Å². The molecule has 1 saturated heterocycles. The first-order valence-corrected chi connectivity index (χ1v) is 7.28. The van der Waals surface area contributed by atoms with E-state index in [-0.39, 0.29) is 0 Å². The van der Waals surface area contributed by atoms with Gasteiger partial charge >= 0.3 is 0 Å². The molecule has 1 aromatic rings. The van der Waals surface area contributed by atoms with Crippen LogP contribution < -0.4 is 5.32 Å². The number of hydrogen-bond acceptors (Lipinski definition) is 3. The third-order valence-electron chi connectivity index (χ3n) is 4.17. The topological polar surface area (TPSA) is 35.5 Å². The zero-order chi connectivity index (χ0) is 13.7. The van der Waals surface area contributed by atoms with Crippen LogP contribution >= 0.6 is 0 Å². The quantitative estimate of drug-likeness (QED) is 0.851. The molecule has 3 heteroatoms. The molecule has 1 aromatic carbocycles. The molecule has 0 aromatic heterocycles. The fourth-order valence-electron chi connectivity index (χ4n) is 2.78. The van der Waals surface area contributed by atoms with E-state index in [1.807, 2.05) is 37.3 Å². The molecule has 2 atom stereocenters. The van der Waals surface area contributed by atoms with E-state index < -0.39 is 5.60 Å². The molecule has 2 unspecified atom stereocenters. The summed E-state index contributed by atoms with van der Waals surface area (Å²) in [7, 11) is 2.20. The summed E-state index contributed by atoms with van der Waals surface area (Å²) in [5, 5.41) is 13.9. The van der Waals surface area contributed by atoms with Crippen LogP contribution in [-0.4, -0.2) is 42.7 Å². The number of nitrogens with one attached hydrogen (secondary N) is 1. The third kappa shape index (κ3) is 4.03. The Labute approximate surface area is 116 Å². The van der Waals surface area contributed by atoms with E-state index in [1.165, 1.54) is 25.8 Å². The zero-order valence-corrected chi connectivity index (χ0v) is 12.1. The number of rotatable bonds is 5. The van der Waals surface area contributed by atoms with E-state index in [1.54, 1.807) is 0 Å². The van der Waals surface area contributed by atoms with Gasteiger partial charge in [0.25, 0.3) is 0 Å². The summed E-state index contributed by atoms with van der Waals surface area (Å²) in [5.41, 5.74) is 0.175. The standard InChI is InChI=1S/C16H26N2O/c1-16(19,14-8-4-3-5-9-14)13-17-12-15-10-6-7-11-18(15)2/h3-5,8-9,15,17,19H,6-7,10-13H2,1-2H3. The second-order valence-corrected chi connectivity index (χ2v) is 5.90. The van der Waals surface area contributed by atoms with Gasteiger partial charge in [-0.1, -0.05) is 36.8 Å². The summed E-state index contributed by atoms with van der Waals surface area (Å²) in [6, 6.07) is 10.5. The maximum absolute atomic E-state index is 10.5. The molecule has 0 spiro atoms. The molecule has 0 radical (unpaired) electrons. The molecular formula is C16H26N2O. The Morgan fingerprint density at radius 3 is 2.74 bits per heavy atom. The van der Waals surface area contributed by atoms with Gasteiger partial charge in [-0.3, -0.25) is 0 Å². The summed E-state index contributed by atoms with van der Waals surface area (Å²) < 4.78 is 0. The Balaban J connectivity index is 1.81. The summed E-state index contributed by atoms with van der Waals surface area (Å²) >= 11 is 0. The van der Waals surface area contributed by atoms with E-state index in [4.69, 9.17) is 0 Å². The molecule has 0 bridgehead atoms. The van der Waals surface area contributed by atoms with Crippen LogP contribution in [0.15, 0.2) is 30.3 Å². The molecule has 2 rings (SSSR count). The molecule has 106 valence electrons. The Kier molecular flexibility index (Phi) is 4.97. The van der Waals surface area contributed by atoms with Crippen LogP contribution in [0.1, 0.15) is 31.7 Å². The van der Waals surface area contributed by atoms with Gasteiger partial charge in [0, 0.05) is 19.1 Å². The molecular weight excluding hydrogens is 236 g/mol. The Morgan fingerprint density at radius 2 is 2.05 bits per heavy atom. The number of benzene rings is 1. The second kappa shape index (κ2) is 6.51. The molecule has 1 fully saturated rings. The van der Waals surface area contributed by atoms with Gasteiger partial charge in [-0.15, -0.1) is 0 Å². The molecule has 0 aliphatic carbocycles. The molecule has 1 heterocycles. The van der Waals surface area contributed by atoms with Crippen molar-refractivity contribution in [3.63, 3.8) is 0 Å². The summed E-state index contributed by atoms with van der Waals surface area (Å²) in [6.07, 6.45) is 3.90. The predicted octanol–water partition coefficient (Wildman–Crippen LogP) is 1.97. The summed E-state index contributed by atoms with van der Waals surface area (Å²) in [4.78, 5) is 2.42. The summed E-state index contributed by atoms with van der Waals surface area (Å²) in [6.45, 7) is 4.63. The van der Waals surface area contributed by atoms with Gasteiger partial charge in [-0.2, -0.15) is 0 Å². The smallest absolute Gasteiger partial charge is 0.0992 e. The third-order valence-corrected chi connectivity index (χ3v) is 4.17. The van der Waals surface area contributed by atoms with Gasteiger partial charge in [-0.05, 0) is 38.9 Å². The fourth-order valence-corrected chi connectivity index (χ4v) is 2.78.